The Kier molecular flexibility index (Phi) is 10.4. The quantitative estimate of drug-likeness (QED) is 0.204. The van der Waals surface area contributed by atoms with Crippen molar-refractivity contribution >= 4 is 5.91 Å². The van der Waals surface area contributed by atoms with E-state index in [0.717, 1.165) is 28.8 Å². The molecule has 11 nitrogen and oxygen atoms in total. The minimum atomic E-state index is -1.54. The molecule has 1 aliphatic heterocycles. The maximum Gasteiger partial charge on any atom is 0.238 e. The number of hydrogen-bond acceptors (Lipinski definition) is 9. The normalized spacial score (nSPS) is 24.7. The van der Waals surface area contributed by atoms with Gasteiger partial charge in [0.1, 0.15) is 24.4 Å². The average molecular weight is 522 g/mol. The summed E-state index contributed by atoms with van der Waals surface area (Å²) in [5.74, 6) is 0.236. The number of carbonyl (C=O) groups excluding carboxylic acids is 1. The van der Waals surface area contributed by atoms with Crippen LogP contribution in [0.5, 0.6) is 5.88 Å². The van der Waals surface area contributed by atoms with Crippen molar-refractivity contribution in [1.82, 2.24) is 15.5 Å². The third kappa shape index (κ3) is 7.50. The van der Waals surface area contributed by atoms with Crippen molar-refractivity contribution < 1.29 is 39.8 Å². The van der Waals surface area contributed by atoms with E-state index in [1.165, 1.54) is 0 Å². The molecule has 1 fully saturated rings. The zero-order valence-corrected chi connectivity index (χ0v) is 21.5. The molecule has 1 amide bonds. The smallest absolute Gasteiger partial charge is 0.238 e. The summed E-state index contributed by atoms with van der Waals surface area (Å²) in [6.45, 7) is 5.14. The van der Waals surface area contributed by atoms with Crippen LogP contribution in [0.4, 0.5) is 0 Å². The van der Waals surface area contributed by atoms with E-state index in [1.54, 1.807) is 6.92 Å². The summed E-state index contributed by atoms with van der Waals surface area (Å²) < 4.78 is 11.3. The highest BCUT2D eigenvalue weighted by atomic mass is 16.7. The van der Waals surface area contributed by atoms with Gasteiger partial charge in [0.25, 0.3) is 0 Å². The first-order chi connectivity index (χ1) is 17.6. The Morgan fingerprint density at radius 2 is 1.76 bits per heavy atom. The van der Waals surface area contributed by atoms with Crippen molar-refractivity contribution in [1.29, 1.82) is 0 Å². The van der Waals surface area contributed by atoms with E-state index < -0.39 is 37.3 Å². The molecule has 1 aliphatic rings. The molecule has 0 aliphatic carbocycles. The van der Waals surface area contributed by atoms with Crippen molar-refractivity contribution in [2.75, 3.05) is 13.2 Å². The number of rotatable bonds is 12. The van der Waals surface area contributed by atoms with Crippen LogP contribution in [-0.4, -0.2) is 91.6 Å². The summed E-state index contributed by atoms with van der Waals surface area (Å²) in [5.41, 5.74) is 3.72. The fourth-order valence-electron chi connectivity index (χ4n) is 4.26. The average Bonchev–Trinajstić information content (AvgIpc) is 3.27. The molecule has 11 heteroatoms. The number of nitrogens with one attached hydrogen (secondary N) is 2. The van der Waals surface area contributed by atoms with Gasteiger partial charge in [-0.15, -0.1) is 5.10 Å². The molecule has 2 heterocycles. The molecule has 1 saturated heterocycles. The Morgan fingerprint density at radius 3 is 2.38 bits per heavy atom. The van der Waals surface area contributed by atoms with Gasteiger partial charge >= 0.3 is 0 Å². The number of H-pyrrole nitrogens is 1. The maximum absolute atomic E-state index is 11.9. The molecule has 1 aromatic carbocycles. The highest BCUT2D eigenvalue weighted by Crippen LogP contribution is 2.31. The van der Waals surface area contributed by atoms with E-state index >= 15 is 0 Å². The first-order valence-electron chi connectivity index (χ1n) is 12.7. The van der Waals surface area contributed by atoms with E-state index in [1.807, 2.05) is 38.1 Å². The van der Waals surface area contributed by atoms with E-state index in [2.05, 4.69) is 15.5 Å². The van der Waals surface area contributed by atoms with E-state index in [9.17, 15) is 25.2 Å². The first kappa shape index (κ1) is 29.0. The topological polar surface area (TPSA) is 177 Å². The zero-order chi connectivity index (χ0) is 27.1. The van der Waals surface area contributed by atoms with Crippen molar-refractivity contribution in [2.24, 2.45) is 0 Å². The van der Waals surface area contributed by atoms with Gasteiger partial charge in [-0.3, -0.25) is 9.89 Å². The largest absolute Gasteiger partial charge is 0.443 e. The Balaban J connectivity index is 1.66. The number of carbonyl (C=O) groups is 1. The molecule has 2 aromatic rings. The van der Waals surface area contributed by atoms with Gasteiger partial charge in [0.05, 0.1) is 13.2 Å². The molecule has 0 saturated carbocycles. The molecular formula is C26H39N3O8. The number of hydrogen-bond donors (Lipinski definition) is 7. The van der Waals surface area contributed by atoms with Gasteiger partial charge in [-0.1, -0.05) is 38.1 Å². The van der Waals surface area contributed by atoms with Crippen LogP contribution in [0.1, 0.15) is 61.9 Å². The Hall–Kier alpha value is -2.54. The molecule has 37 heavy (non-hydrogen) atoms. The molecule has 0 spiro atoms. The Morgan fingerprint density at radius 1 is 1.08 bits per heavy atom. The summed E-state index contributed by atoms with van der Waals surface area (Å²) in [5, 5.41) is 58.9. The number of aromatic amines is 1. The van der Waals surface area contributed by atoms with Crippen molar-refractivity contribution in [3.05, 3.63) is 46.6 Å². The van der Waals surface area contributed by atoms with Gasteiger partial charge in [0, 0.05) is 30.1 Å². The second-order valence-electron chi connectivity index (χ2n) is 9.89. The lowest BCUT2D eigenvalue weighted by atomic mass is 9.97. The van der Waals surface area contributed by atoms with Crippen molar-refractivity contribution in [3.8, 4) is 5.88 Å². The molecule has 3 rings (SSSR count). The molecule has 0 unspecified atom stereocenters. The number of aliphatic hydroxyl groups is 5. The molecular weight excluding hydrogens is 482 g/mol. The van der Waals surface area contributed by atoms with E-state index in [4.69, 9.17) is 14.6 Å². The number of amides is 1. The molecule has 0 radical (unpaired) electrons. The summed E-state index contributed by atoms with van der Waals surface area (Å²) >= 11 is 0. The number of aromatic nitrogens is 2. The lowest BCUT2D eigenvalue weighted by Gasteiger charge is -2.39. The van der Waals surface area contributed by atoms with Gasteiger partial charge in [-0.05, 0) is 36.8 Å². The van der Waals surface area contributed by atoms with E-state index in [0.29, 0.717) is 19.3 Å². The predicted molar refractivity (Wildman–Crippen MR) is 134 cm³/mol. The van der Waals surface area contributed by atoms with Gasteiger partial charge in [0.15, 0.2) is 0 Å². The number of ether oxygens (including phenoxy) is 2. The second-order valence-corrected chi connectivity index (χ2v) is 9.89. The van der Waals surface area contributed by atoms with Crippen LogP contribution in [-0.2, 0) is 22.4 Å². The summed E-state index contributed by atoms with van der Waals surface area (Å²) in [7, 11) is 0. The number of benzene rings is 1. The predicted octanol–water partition coefficient (Wildman–Crippen LogP) is 0.122. The summed E-state index contributed by atoms with van der Waals surface area (Å²) in [6, 6.07) is 7.77. The molecule has 0 bridgehead atoms. The Labute approximate surface area is 216 Å². The number of aryl methyl sites for hydroxylation is 1. The summed E-state index contributed by atoms with van der Waals surface area (Å²) in [4.78, 5) is 11.9. The van der Waals surface area contributed by atoms with Crippen LogP contribution in [0.3, 0.4) is 0 Å². The van der Waals surface area contributed by atoms with Crippen LogP contribution in [0.2, 0.25) is 0 Å². The van der Waals surface area contributed by atoms with Gasteiger partial charge in [-0.25, -0.2) is 0 Å². The second kappa shape index (κ2) is 13.3. The van der Waals surface area contributed by atoms with E-state index in [-0.39, 0.29) is 30.4 Å². The number of aliphatic hydroxyl groups excluding tert-OH is 5. The summed E-state index contributed by atoms with van der Waals surface area (Å²) in [6.07, 6.45) is -4.63. The SMILES string of the molecule is CC(C)c1[nH]nc(O[C@@H]2O[C@H](CO)[C@H](O)[C@H](O)[C@H]2O)c1Cc1ccc(CCCC(=O)N[C@@H](C)CO)cc1. The van der Waals surface area contributed by atoms with Crippen LogP contribution in [0, 0.1) is 0 Å². The molecule has 206 valence electrons. The standard InChI is InChI=1S/C26H39N3O8/c1-14(2)21-18(25(29-28-21)37-26-24(35)23(34)22(33)19(13-31)36-26)11-17-9-7-16(8-10-17)5-4-6-20(32)27-15(3)12-30/h7-10,14-15,19,22-24,26,30-31,33-35H,4-6,11-13H2,1-3H3,(H,27,32)(H,28,29)/t15-,19+,22-,23-,24+,26-/m0/s1. The highest BCUT2D eigenvalue weighted by Gasteiger charge is 2.45. The highest BCUT2D eigenvalue weighted by molar-refractivity contribution is 5.76. The fraction of sp³-hybridized carbons (Fsp3) is 0.615. The Bertz CT molecular complexity index is 994. The van der Waals surface area contributed by atoms with Crippen LogP contribution in [0.15, 0.2) is 24.3 Å². The maximum atomic E-state index is 11.9. The first-order valence-corrected chi connectivity index (χ1v) is 12.7. The van der Waals surface area contributed by atoms with Gasteiger partial charge in [0.2, 0.25) is 18.1 Å². The monoisotopic (exact) mass is 521 g/mol. The van der Waals surface area contributed by atoms with Crippen LogP contribution >= 0.6 is 0 Å². The third-order valence-electron chi connectivity index (χ3n) is 6.47. The minimum Gasteiger partial charge on any atom is -0.443 e. The van der Waals surface area contributed by atoms with Gasteiger partial charge in [-0.2, -0.15) is 0 Å². The van der Waals surface area contributed by atoms with Crippen LogP contribution < -0.4 is 10.1 Å². The lowest BCUT2D eigenvalue weighted by molar-refractivity contribution is -0.278. The molecule has 7 N–H and O–H groups in total. The fourth-order valence-corrected chi connectivity index (χ4v) is 4.26. The lowest BCUT2D eigenvalue weighted by Crippen LogP contribution is -2.60. The van der Waals surface area contributed by atoms with Crippen LogP contribution in [0.25, 0.3) is 0 Å². The molecule has 1 aromatic heterocycles. The van der Waals surface area contributed by atoms with Crippen molar-refractivity contribution in [2.45, 2.75) is 89.1 Å². The van der Waals surface area contributed by atoms with Crippen molar-refractivity contribution in [3.63, 3.8) is 0 Å². The van der Waals surface area contributed by atoms with Gasteiger partial charge < -0.3 is 40.3 Å². The molecule has 6 atom stereocenters. The minimum absolute atomic E-state index is 0.0775. The zero-order valence-electron chi connectivity index (χ0n) is 21.5. The number of nitrogens with zero attached hydrogens (tertiary/aromatic N) is 1. The third-order valence-corrected chi connectivity index (χ3v) is 6.47.